The summed E-state index contributed by atoms with van der Waals surface area (Å²) in [6.07, 6.45) is 0. The van der Waals surface area contributed by atoms with Crippen LogP contribution in [0.5, 0.6) is 0 Å². The lowest BCUT2D eigenvalue weighted by molar-refractivity contribution is -0.145. The Morgan fingerprint density at radius 1 is 1.29 bits per heavy atom. The van der Waals surface area contributed by atoms with Gasteiger partial charge in [-0.2, -0.15) is 0 Å². The van der Waals surface area contributed by atoms with Gasteiger partial charge in [0, 0.05) is 23.7 Å². The third-order valence-electron chi connectivity index (χ3n) is 3.45. The average molecular weight is 308 g/mol. The van der Waals surface area contributed by atoms with E-state index in [-0.39, 0.29) is 18.4 Å². The lowest BCUT2D eigenvalue weighted by atomic mass is 10.00. The van der Waals surface area contributed by atoms with Gasteiger partial charge in [0.15, 0.2) is 0 Å². The SMILES string of the molecule is CN(C)CCN(CC(=O)O)C(=O)[C@H]1CSc2ccccc21. The van der Waals surface area contributed by atoms with Crippen molar-refractivity contribution in [3.8, 4) is 0 Å². The molecule has 1 N–H and O–H groups in total. The van der Waals surface area contributed by atoms with Crippen LogP contribution in [-0.4, -0.2) is 66.3 Å². The molecule has 1 heterocycles. The minimum Gasteiger partial charge on any atom is -0.480 e. The predicted molar refractivity (Wildman–Crippen MR) is 82.7 cm³/mol. The fraction of sp³-hybridized carbons (Fsp3) is 0.467. The Labute approximate surface area is 128 Å². The number of hydrogen-bond acceptors (Lipinski definition) is 4. The molecule has 0 spiro atoms. The number of carboxylic acids is 1. The number of carbonyl (C=O) groups excluding carboxylic acids is 1. The van der Waals surface area contributed by atoms with E-state index in [0.29, 0.717) is 18.8 Å². The molecule has 1 aromatic rings. The van der Waals surface area contributed by atoms with E-state index < -0.39 is 5.97 Å². The lowest BCUT2D eigenvalue weighted by Crippen LogP contribution is -2.42. The van der Waals surface area contributed by atoms with Crippen molar-refractivity contribution in [1.82, 2.24) is 9.80 Å². The summed E-state index contributed by atoms with van der Waals surface area (Å²) in [4.78, 5) is 28.2. The Bertz CT molecular complexity index is 533. The first kappa shape index (κ1) is 15.9. The number of benzene rings is 1. The van der Waals surface area contributed by atoms with E-state index in [1.54, 1.807) is 11.8 Å². The molecule has 0 aromatic heterocycles. The van der Waals surface area contributed by atoms with E-state index in [1.165, 1.54) is 4.90 Å². The monoisotopic (exact) mass is 308 g/mol. The second kappa shape index (κ2) is 6.95. The molecule has 0 unspecified atom stereocenters. The van der Waals surface area contributed by atoms with Gasteiger partial charge in [0.1, 0.15) is 6.54 Å². The first-order valence-electron chi connectivity index (χ1n) is 6.86. The Balaban J connectivity index is 2.13. The van der Waals surface area contributed by atoms with Crippen LogP contribution in [0.15, 0.2) is 29.2 Å². The van der Waals surface area contributed by atoms with Gasteiger partial charge in [-0.25, -0.2) is 0 Å². The van der Waals surface area contributed by atoms with Crippen molar-refractivity contribution in [2.75, 3.05) is 39.5 Å². The van der Waals surface area contributed by atoms with Crippen LogP contribution in [-0.2, 0) is 9.59 Å². The van der Waals surface area contributed by atoms with Crippen molar-refractivity contribution in [1.29, 1.82) is 0 Å². The van der Waals surface area contributed by atoms with E-state index in [1.807, 2.05) is 43.3 Å². The van der Waals surface area contributed by atoms with Crippen molar-refractivity contribution in [2.45, 2.75) is 10.8 Å². The molecule has 0 fully saturated rings. The number of likely N-dealkylation sites (N-methyl/N-ethyl adjacent to an activating group) is 1. The molecule has 0 saturated heterocycles. The summed E-state index contributed by atoms with van der Waals surface area (Å²) < 4.78 is 0. The van der Waals surface area contributed by atoms with Gasteiger partial charge in [-0.15, -0.1) is 11.8 Å². The van der Waals surface area contributed by atoms with E-state index in [9.17, 15) is 9.59 Å². The zero-order valence-electron chi connectivity index (χ0n) is 12.3. The van der Waals surface area contributed by atoms with Gasteiger partial charge in [-0.3, -0.25) is 9.59 Å². The van der Waals surface area contributed by atoms with Crippen molar-refractivity contribution in [2.24, 2.45) is 0 Å². The van der Waals surface area contributed by atoms with Gasteiger partial charge in [0.05, 0.1) is 5.92 Å². The van der Waals surface area contributed by atoms with Crippen LogP contribution in [0.4, 0.5) is 0 Å². The zero-order valence-corrected chi connectivity index (χ0v) is 13.1. The number of carboxylic acid groups (broad SMARTS) is 1. The van der Waals surface area contributed by atoms with Gasteiger partial charge >= 0.3 is 5.97 Å². The molecule has 114 valence electrons. The molecule has 6 heteroatoms. The third kappa shape index (κ3) is 3.98. The van der Waals surface area contributed by atoms with Crippen LogP contribution in [0.3, 0.4) is 0 Å². The van der Waals surface area contributed by atoms with Crippen molar-refractivity contribution >= 4 is 23.6 Å². The average Bonchev–Trinajstić information content (AvgIpc) is 2.86. The number of nitrogens with zero attached hydrogens (tertiary/aromatic N) is 2. The topological polar surface area (TPSA) is 60.9 Å². The minimum absolute atomic E-state index is 0.0864. The number of amides is 1. The molecule has 0 aliphatic carbocycles. The van der Waals surface area contributed by atoms with Crippen LogP contribution in [0.2, 0.25) is 0 Å². The molecule has 2 rings (SSSR count). The Kier molecular flexibility index (Phi) is 5.25. The maximum Gasteiger partial charge on any atom is 0.323 e. The van der Waals surface area contributed by atoms with E-state index in [2.05, 4.69) is 0 Å². The lowest BCUT2D eigenvalue weighted by Gasteiger charge is -2.25. The van der Waals surface area contributed by atoms with Crippen LogP contribution < -0.4 is 0 Å². The maximum absolute atomic E-state index is 12.7. The Morgan fingerprint density at radius 3 is 2.67 bits per heavy atom. The van der Waals surface area contributed by atoms with E-state index in [4.69, 9.17) is 5.11 Å². The number of hydrogen-bond donors (Lipinski definition) is 1. The fourth-order valence-corrected chi connectivity index (χ4v) is 3.56. The first-order chi connectivity index (χ1) is 9.99. The molecule has 5 nitrogen and oxygen atoms in total. The molecular formula is C15H20N2O3S. The van der Waals surface area contributed by atoms with Crippen LogP contribution in [0.1, 0.15) is 11.5 Å². The van der Waals surface area contributed by atoms with E-state index in [0.717, 1.165) is 10.5 Å². The fourth-order valence-electron chi connectivity index (χ4n) is 2.34. The minimum atomic E-state index is -0.971. The summed E-state index contributed by atoms with van der Waals surface area (Å²) in [7, 11) is 3.81. The normalized spacial score (nSPS) is 16.8. The van der Waals surface area contributed by atoms with Gasteiger partial charge in [0.2, 0.25) is 5.91 Å². The molecule has 1 aromatic carbocycles. The Morgan fingerprint density at radius 2 is 2.00 bits per heavy atom. The van der Waals surface area contributed by atoms with Crippen LogP contribution in [0.25, 0.3) is 0 Å². The summed E-state index contributed by atoms with van der Waals surface area (Å²) in [6.45, 7) is 0.845. The molecule has 0 bridgehead atoms. The highest BCUT2D eigenvalue weighted by molar-refractivity contribution is 7.99. The third-order valence-corrected chi connectivity index (χ3v) is 4.64. The van der Waals surface area contributed by atoms with Crippen molar-refractivity contribution in [3.05, 3.63) is 29.8 Å². The van der Waals surface area contributed by atoms with Crippen molar-refractivity contribution in [3.63, 3.8) is 0 Å². The highest BCUT2D eigenvalue weighted by Crippen LogP contribution is 2.40. The van der Waals surface area contributed by atoms with Gasteiger partial charge in [-0.05, 0) is 25.7 Å². The number of fused-ring (bicyclic) bond motifs is 1. The predicted octanol–water partition coefficient (Wildman–Crippen LogP) is 1.35. The van der Waals surface area contributed by atoms with Crippen LogP contribution in [0, 0.1) is 0 Å². The molecule has 0 radical (unpaired) electrons. The van der Waals surface area contributed by atoms with E-state index >= 15 is 0 Å². The number of aliphatic carboxylic acids is 1. The first-order valence-corrected chi connectivity index (χ1v) is 7.84. The molecule has 21 heavy (non-hydrogen) atoms. The number of rotatable bonds is 6. The number of thioether (sulfide) groups is 1. The summed E-state index contributed by atoms with van der Waals surface area (Å²) in [5.74, 6) is -0.596. The molecule has 1 atom stereocenters. The van der Waals surface area contributed by atoms with Gasteiger partial charge < -0.3 is 14.9 Å². The molecule has 1 aliphatic heterocycles. The largest absolute Gasteiger partial charge is 0.480 e. The molecular weight excluding hydrogens is 288 g/mol. The molecule has 1 amide bonds. The summed E-state index contributed by atoms with van der Waals surface area (Å²) in [6, 6.07) is 7.85. The summed E-state index contributed by atoms with van der Waals surface area (Å²) in [5.41, 5.74) is 1.02. The second-order valence-corrected chi connectivity index (χ2v) is 6.42. The quantitative estimate of drug-likeness (QED) is 0.859. The van der Waals surface area contributed by atoms with Crippen molar-refractivity contribution < 1.29 is 14.7 Å². The zero-order chi connectivity index (χ0) is 15.4. The highest BCUT2D eigenvalue weighted by atomic mass is 32.2. The van der Waals surface area contributed by atoms with Gasteiger partial charge in [0.25, 0.3) is 0 Å². The summed E-state index contributed by atoms with van der Waals surface area (Å²) >= 11 is 1.66. The highest BCUT2D eigenvalue weighted by Gasteiger charge is 2.32. The number of carbonyl (C=O) groups is 2. The smallest absolute Gasteiger partial charge is 0.323 e. The second-order valence-electron chi connectivity index (χ2n) is 5.36. The van der Waals surface area contributed by atoms with Crippen LogP contribution >= 0.6 is 11.8 Å². The van der Waals surface area contributed by atoms with Gasteiger partial charge in [-0.1, -0.05) is 18.2 Å². The molecule has 1 aliphatic rings. The summed E-state index contributed by atoms with van der Waals surface area (Å²) in [5, 5.41) is 9.02. The maximum atomic E-state index is 12.7. The molecule has 0 saturated carbocycles. The standard InChI is InChI=1S/C15H20N2O3S/c1-16(2)7-8-17(9-14(18)19)15(20)12-10-21-13-6-4-3-5-11(12)13/h3-6,12H,7-10H2,1-2H3,(H,18,19)/t12-/m0/s1. The Hall–Kier alpha value is -1.53.